The second-order valence-electron chi connectivity index (χ2n) is 3.55. The molecule has 3 nitrogen and oxygen atoms in total. The quantitative estimate of drug-likeness (QED) is 0.623. The van der Waals surface area contributed by atoms with Gasteiger partial charge in [-0.25, -0.2) is 4.79 Å². The normalized spacial score (nSPS) is 14.8. The molecule has 1 rings (SSSR count). The van der Waals surface area contributed by atoms with Crippen molar-refractivity contribution >= 4 is 11.7 Å². The monoisotopic (exact) mass is 269 g/mol. The minimum Gasteiger partial charge on any atom is -0.252 e. The maximum atomic E-state index is 13.8. The number of nitrogens with zero attached hydrogens (tertiary/aromatic N) is 1. The predicted molar refractivity (Wildman–Crippen MR) is 51.7 cm³/mol. The highest BCUT2D eigenvalue weighted by Gasteiger charge is 2.64. The van der Waals surface area contributed by atoms with Crippen molar-refractivity contribution in [2.24, 2.45) is 0 Å². The Labute approximate surface area is 98.6 Å². The van der Waals surface area contributed by atoms with E-state index >= 15 is 0 Å². The largest absolute Gasteiger partial charge is 0.425 e. The van der Waals surface area contributed by atoms with Gasteiger partial charge in [0.05, 0.1) is 5.69 Å². The molecule has 18 heavy (non-hydrogen) atoms. The number of alkyl halides is 3. The van der Waals surface area contributed by atoms with E-state index in [0.717, 1.165) is 12.1 Å². The zero-order valence-electron chi connectivity index (χ0n) is 9.04. The van der Waals surface area contributed by atoms with E-state index in [9.17, 15) is 27.0 Å². The predicted octanol–water partition coefficient (Wildman–Crippen LogP) is 3.13. The topological polar surface area (TPSA) is 29.5 Å². The van der Waals surface area contributed by atoms with Crippen LogP contribution in [-0.4, -0.2) is 17.7 Å². The Morgan fingerprint density at radius 2 is 1.72 bits per heavy atom. The Morgan fingerprint density at radius 3 is 2.11 bits per heavy atom. The highest BCUT2D eigenvalue weighted by atomic mass is 19.4. The van der Waals surface area contributed by atoms with Crippen molar-refractivity contribution in [3.8, 4) is 0 Å². The standard InChI is InChI=1S/C10H8F5NO2/c1-9(8(17)18-15,10(11,12)13)16(14)7-5-3-2-4-6-7/h2-6H,1H3/t9-/m1/s1. The van der Waals surface area contributed by atoms with Gasteiger partial charge in [-0.3, -0.25) is 4.94 Å². The molecule has 0 unspecified atom stereocenters. The molecule has 0 spiro atoms. The second kappa shape index (κ2) is 4.79. The van der Waals surface area contributed by atoms with Crippen molar-refractivity contribution in [2.75, 3.05) is 5.12 Å². The number of benzene rings is 1. The van der Waals surface area contributed by atoms with Crippen molar-refractivity contribution < 1.29 is 31.9 Å². The summed E-state index contributed by atoms with van der Waals surface area (Å²) in [6, 6.07) is 5.96. The lowest BCUT2D eigenvalue weighted by molar-refractivity contribution is -0.232. The fourth-order valence-electron chi connectivity index (χ4n) is 1.20. The fourth-order valence-corrected chi connectivity index (χ4v) is 1.20. The van der Waals surface area contributed by atoms with Crippen LogP contribution in [0.15, 0.2) is 30.3 Å². The molecule has 0 aliphatic carbocycles. The van der Waals surface area contributed by atoms with Crippen LogP contribution in [0.25, 0.3) is 0 Å². The Morgan fingerprint density at radius 1 is 1.22 bits per heavy atom. The van der Waals surface area contributed by atoms with Gasteiger partial charge in [-0.2, -0.15) is 18.3 Å². The summed E-state index contributed by atoms with van der Waals surface area (Å²) in [4.78, 5) is 13.4. The van der Waals surface area contributed by atoms with E-state index in [1.54, 1.807) is 0 Å². The van der Waals surface area contributed by atoms with Crippen LogP contribution < -0.4 is 5.12 Å². The lowest BCUT2D eigenvalue weighted by Crippen LogP contribution is -2.59. The Kier molecular flexibility index (Phi) is 3.78. The van der Waals surface area contributed by atoms with Crippen molar-refractivity contribution in [1.82, 2.24) is 0 Å². The van der Waals surface area contributed by atoms with Crippen LogP contribution in [0.2, 0.25) is 0 Å². The second-order valence-corrected chi connectivity index (χ2v) is 3.55. The lowest BCUT2D eigenvalue weighted by atomic mass is 10.0. The number of carbonyl (C=O) groups is 1. The summed E-state index contributed by atoms with van der Waals surface area (Å²) in [6.45, 7) is 0.182. The zero-order valence-corrected chi connectivity index (χ0v) is 9.04. The highest BCUT2D eigenvalue weighted by molar-refractivity contribution is 5.85. The summed E-state index contributed by atoms with van der Waals surface area (Å²) >= 11 is 0. The Bertz CT molecular complexity index is 422. The molecule has 0 aliphatic rings. The molecule has 1 aromatic carbocycles. The molecular formula is C10H8F5NO2. The van der Waals surface area contributed by atoms with E-state index in [2.05, 4.69) is 4.94 Å². The van der Waals surface area contributed by atoms with Crippen LogP contribution in [0, 0.1) is 0 Å². The average Bonchev–Trinajstić information content (AvgIpc) is 2.35. The lowest BCUT2D eigenvalue weighted by Gasteiger charge is -2.33. The van der Waals surface area contributed by atoms with Crippen molar-refractivity contribution in [1.29, 1.82) is 0 Å². The summed E-state index contributed by atoms with van der Waals surface area (Å²) in [7, 11) is 0. The van der Waals surface area contributed by atoms with Crippen LogP contribution in [-0.2, 0) is 9.74 Å². The first-order valence-corrected chi connectivity index (χ1v) is 4.66. The summed E-state index contributed by atoms with van der Waals surface area (Å²) in [6.07, 6.45) is -5.36. The molecule has 0 amide bonds. The van der Waals surface area contributed by atoms with Crippen LogP contribution in [0.1, 0.15) is 6.92 Å². The van der Waals surface area contributed by atoms with Gasteiger partial charge in [-0.1, -0.05) is 22.7 Å². The van der Waals surface area contributed by atoms with Crippen LogP contribution in [0.3, 0.4) is 0 Å². The van der Waals surface area contributed by atoms with Crippen LogP contribution in [0.4, 0.5) is 27.9 Å². The van der Waals surface area contributed by atoms with Crippen LogP contribution in [0.5, 0.6) is 0 Å². The zero-order chi connectivity index (χ0) is 14.0. The third kappa shape index (κ3) is 2.22. The molecule has 8 heteroatoms. The van der Waals surface area contributed by atoms with Gasteiger partial charge in [-0.15, -0.1) is 0 Å². The maximum absolute atomic E-state index is 13.8. The molecule has 0 bridgehead atoms. The van der Waals surface area contributed by atoms with Gasteiger partial charge in [-0.05, 0) is 19.1 Å². The van der Waals surface area contributed by atoms with Crippen molar-refractivity contribution in [3.05, 3.63) is 30.3 Å². The molecule has 0 radical (unpaired) electrons. The third-order valence-electron chi connectivity index (χ3n) is 2.40. The maximum Gasteiger partial charge on any atom is 0.425 e. The van der Waals surface area contributed by atoms with E-state index in [1.165, 1.54) is 18.2 Å². The number of anilines is 1. The Hall–Kier alpha value is -1.86. The Balaban J connectivity index is 3.25. The average molecular weight is 269 g/mol. The van der Waals surface area contributed by atoms with Gasteiger partial charge in [0.25, 0.3) is 5.54 Å². The fraction of sp³-hybridized carbons (Fsp3) is 0.300. The van der Waals surface area contributed by atoms with Gasteiger partial charge >= 0.3 is 12.1 Å². The number of hydrogen-bond donors (Lipinski definition) is 0. The number of para-hydroxylation sites is 1. The SMILES string of the molecule is C[C@](C(=O)OF)(N(F)c1ccccc1)C(F)(F)F. The molecule has 0 N–H and O–H groups in total. The molecule has 0 aliphatic heterocycles. The van der Waals surface area contributed by atoms with E-state index in [4.69, 9.17) is 0 Å². The van der Waals surface area contributed by atoms with Gasteiger partial charge < -0.3 is 0 Å². The molecule has 0 aromatic heterocycles. The number of carbonyl (C=O) groups excluding carboxylic acids is 1. The van der Waals surface area contributed by atoms with Gasteiger partial charge in [0.1, 0.15) is 0 Å². The highest BCUT2D eigenvalue weighted by Crippen LogP contribution is 2.39. The smallest absolute Gasteiger partial charge is 0.252 e. The first kappa shape index (κ1) is 14.2. The minimum absolute atomic E-state index is 0.182. The van der Waals surface area contributed by atoms with Crippen molar-refractivity contribution in [2.45, 2.75) is 18.6 Å². The molecule has 100 valence electrons. The van der Waals surface area contributed by atoms with Gasteiger partial charge in [0.15, 0.2) is 0 Å². The summed E-state index contributed by atoms with van der Waals surface area (Å²) in [5.74, 6) is -2.39. The van der Waals surface area contributed by atoms with Gasteiger partial charge in [0, 0.05) is 4.53 Å². The van der Waals surface area contributed by atoms with Crippen LogP contribution >= 0.6 is 0 Å². The van der Waals surface area contributed by atoms with E-state index < -0.39 is 28.5 Å². The van der Waals surface area contributed by atoms with E-state index in [-0.39, 0.29) is 6.92 Å². The molecule has 0 saturated heterocycles. The number of rotatable bonds is 3. The van der Waals surface area contributed by atoms with E-state index in [1.807, 2.05) is 0 Å². The molecule has 1 atom stereocenters. The number of hydrogen-bond acceptors (Lipinski definition) is 3. The summed E-state index contributed by atoms with van der Waals surface area (Å²) < 4.78 is 63.7. The minimum atomic E-state index is -5.36. The first-order valence-electron chi connectivity index (χ1n) is 4.66. The molecule has 1 aromatic rings. The number of halogens is 5. The van der Waals surface area contributed by atoms with Crippen molar-refractivity contribution in [3.63, 3.8) is 0 Å². The van der Waals surface area contributed by atoms with Gasteiger partial charge in [0.2, 0.25) is 0 Å². The third-order valence-corrected chi connectivity index (χ3v) is 2.40. The molecule has 0 fully saturated rings. The molecule has 0 heterocycles. The molecular weight excluding hydrogens is 261 g/mol. The first-order chi connectivity index (χ1) is 8.25. The van der Waals surface area contributed by atoms with E-state index in [0.29, 0.717) is 0 Å². The summed E-state index contributed by atoms with van der Waals surface area (Å²) in [5, 5.41) is -0.880. The summed E-state index contributed by atoms with van der Waals surface area (Å²) in [5.41, 5.74) is -4.31. The molecule has 0 saturated carbocycles.